The molecule has 1 aromatic carbocycles. The second-order valence-corrected chi connectivity index (χ2v) is 5.24. The molecule has 1 aromatic rings. The third-order valence-electron chi connectivity index (χ3n) is 3.60. The monoisotopic (exact) mass is 308 g/mol. The number of hydrogen-bond donors (Lipinski definition) is 2. The van der Waals surface area contributed by atoms with E-state index < -0.39 is 0 Å². The summed E-state index contributed by atoms with van der Waals surface area (Å²) in [5, 5.41) is 5.71. The van der Waals surface area contributed by atoms with Crippen LogP contribution in [0.3, 0.4) is 0 Å². The molecule has 6 heteroatoms. The average molecular weight is 308 g/mol. The van der Waals surface area contributed by atoms with Crippen LogP contribution in [0.1, 0.15) is 26.7 Å². The van der Waals surface area contributed by atoms with Gasteiger partial charge in [-0.2, -0.15) is 0 Å². The van der Waals surface area contributed by atoms with Gasteiger partial charge in [-0.05, 0) is 38.8 Å². The minimum Gasteiger partial charge on any atom is -0.493 e. The topological polar surface area (TPSA) is 68.8 Å². The molecule has 1 saturated heterocycles. The van der Waals surface area contributed by atoms with Gasteiger partial charge in [0.2, 0.25) is 0 Å². The molecule has 2 unspecified atom stereocenters. The Labute approximate surface area is 131 Å². The van der Waals surface area contributed by atoms with Crippen LogP contribution < -0.4 is 20.1 Å². The molecule has 0 saturated carbocycles. The highest BCUT2D eigenvalue weighted by Gasteiger charge is 2.23. The van der Waals surface area contributed by atoms with E-state index in [1.54, 1.807) is 25.3 Å². The Morgan fingerprint density at radius 2 is 2.27 bits per heavy atom. The standard InChI is InChI=1S/C16H24N2O4/c1-4-21-15-10-12(7-8-14(15)20-3)18-16(19)17-11(2)13-6-5-9-22-13/h7-8,10-11,13H,4-6,9H2,1-3H3,(H2,17,18,19). The highest BCUT2D eigenvalue weighted by Crippen LogP contribution is 2.30. The molecule has 0 aliphatic carbocycles. The lowest BCUT2D eigenvalue weighted by atomic mass is 10.1. The average Bonchev–Trinajstić information content (AvgIpc) is 3.02. The molecule has 0 radical (unpaired) electrons. The largest absolute Gasteiger partial charge is 0.493 e. The maximum Gasteiger partial charge on any atom is 0.319 e. The zero-order chi connectivity index (χ0) is 15.9. The predicted octanol–water partition coefficient (Wildman–Crippen LogP) is 2.78. The van der Waals surface area contributed by atoms with E-state index in [2.05, 4.69) is 10.6 Å². The molecular formula is C16H24N2O4. The van der Waals surface area contributed by atoms with Gasteiger partial charge in [-0.25, -0.2) is 4.79 Å². The molecule has 1 aliphatic heterocycles. The van der Waals surface area contributed by atoms with Gasteiger partial charge in [0.05, 0.1) is 25.9 Å². The van der Waals surface area contributed by atoms with Crippen molar-refractivity contribution in [3.8, 4) is 11.5 Å². The zero-order valence-electron chi connectivity index (χ0n) is 13.3. The fourth-order valence-corrected chi connectivity index (χ4v) is 2.49. The summed E-state index contributed by atoms with van der Waals surface area (Å²) < 4.78 is 16.3. The smallest absolute Gasteiger partial charge is 0.319 e. The summed E-state index contributed by atoms with van der Waals surface area (Å²) in [5.41, 5.74) is 0.654. The quantitative estimate of drug-likeness (QED) is 0.848. The van der Waals surface area contributed by atoms with Gasteiger partial charge in [0.1, 0.15) is 0 Å². The van der Waals surface area contributed by atoms with E-state index in [4.69, 9.17) is 14.2 Å². The highest BCUT2D eigenvalue weighted by molar-refractivity contribution is 5.89. The van der Waals surface area contributed by atoms with Crippen LogP contribution in [0.4, 0.5) is 10.5 Å². The molecule has 2 atom stereocenters. The van der Waals surface area contributed by atoms with E-state index in [0.29, 0.717) is 23.8 Å². The fraction of sp³-hybridized carbons (Fsp3) is 0.562. The highest BCUT2D eigenvalue weighted by atomic mass is 16.5. The molecule has 2 amide bonds. The molecule has 22 heavy (non-hydrogen) atoms. The molecule has 1 heterocycles. The first-order valence-electron chi connectivity index (χ1n) is 7.64. The molecule has 6 nitrogen and oxygen atoms in total. The number of methoxy groups -OCH3 is 1. The third kappa shape index (κ3) is 4.27. The molecule has 0 aromatic heterocycles. The van der Waals surface area contributed by atoms with E-state index >= 15 is 0 Å². The number of amides is 2. The Morgan fingerprint density at radius 3 is 2.91 bits per heavy atom. The summed E-state index contributed by atoms with van der Waals surface area (Å²) in [5.74, 6) is 1.25. The third-order valence-corrected chi connectivity index (χ3v) is 3.60. The molecule has 0 bridgehead atoms. The van der Waals surface area contributed by atoms with Crippen molar-refractivity contribution in [3.63, 3.8) is 0 Å². The van der Waals surface area contributed by atoms with Gasteiger partial charge in [-0.15, -0.1) is 0 Å². The number of anilines is 1. The predicted molar refractivity (Wildman–Crippen MR) is 84.8 cm³/mol. The van der Waals surface area contributed by atoms with Gasteiger partial charge in [0.25, 0.3) is 0 Å². The summed E-state index contributed by atoms with van der Waals surface area (Å²) in [6.07, 6.45) is 2.13. The SMILES string of the molecule is CCOc1cc(NC(=O)NC(C)C2CCCO2)ccc1OC. The molecule has 2 rings (SSSR count). The first kappa shape index (κ1) is 16.4. The lowest BCUT2D eigenvalue weighted by molar-refractivity contribution is 0.0868. The summed E-state index contributed by atoms with van der Waals surface area (Å²) in [7, 11) is 1.58. The van der Waals surface area contributed by atoms with Crippen LogP contribution in [-0.4, -0.2) is 38.5 Å². The van der Waals surface area contributed by atoms with Gasteiger partial charge in [0.15, 0.2) is 11.5 Å². The van der Waals surface area contributed by atoms with Crippen molar-refractivity contribution in [2.45, 2.75) is 38.8 Å². The molecule has 2 N–H and O–H groups in total. The first-order chi connectivity index (χ1) is 10.6. The summed E-state index contributed by atoms with van der Waals surface area (Å²) >= 11 is 0. The maximum absolute atomic E-state index is 12.1. The van der Waals surface area contributed by atoms with Crippen LogP contribution in [0, 0.1) is 0 Å². The molecule has 1 aliphatic rings. The summed E-state index contributed by atoms with van der Waals surface area (Å²) in [6.45, 7) is 5.15. The molecule has 1 fully saturated rings. The fourth-order valence-electron chi connectivity index (χ4n) is 2.49. The van der Waals surface area contributed by atoms with Gasteiger partial charge < -0.3 is 24.8 Å². The lowest BCUT2D eigenvalue weighted by Crippen LogP contribution is -2.42. The Hall–Kier alpha value is -1.95. The zero-order valence-corrected chi connectivity index (χ0v) is 13.3. The number of rotatable bonds is 6. The Balaban J connectivity index is 1.94. The van der Waals surface area contributed by atoms with Crippen molar-refractivity contribution in [3.05, 3.63) is 18.2 Å². The molecule has 0 spiro atoms. The van der Waals surface area contributed by atoms with Crippen molar-refractivity contribution >= 4 is 11.7 Å². The van der Waals surface area contributed by atoms with E-state index in [1.807, 2.05) is 13.8 Å². The van der Waals surface area contributed by atoms with Gasteiger partial charge in [0, 0.05) is 18.4 Å². The van der Waals surface area contributed by atoms with E-state index in [9.17, 15) is 4.79 Å². The van der Waals surface area contributed by atoms with E-state index in [0.717, 1.165) is 19.4 Å². The Kier molecular flexibility index (Phi) is 5.89. The Morgan fingerprint density at radius 1 is 1.45 bits per heavy atom. The van der Waals surface area contributed by atoms with Gasteiger partial charge in [-0.1, -0.05) is 0 Å². The van der Waals surface area contributed by atoms with Crippen LogP contribution in [0.15, 0.2) is 18.2 Å². The second-order valence-electron chi connectivity index (χ2n) is 5.24. The van der Waals surface area contributed by atoms with Crippen molar-refractivity contribution in [1.29, 1.82) is 0 Å². The normalized spacial score (nSPS) is 18.6. The lowest BCUT2D eigenvalue weighted by Gasteiger charge is -2.20. The second kappa shape index (κ2) is 7.89. The number of carbonyl (C=O) groups is 1. The summed E-state index contributed by atoms with van der Waals surface area (Å²) in [4.78, 5) is 12.1. The van der Waals surface area contributed by atoms with Crippen LogP contribution in [0.25, 0.3) is 0 Å². The molecule has 122 valence electrons. The van der Waals surface area contributed by atoms with Crippen molar-refractivity contribution in [2.75, 3.05) is 25.6 Å². The van der Waals surface area contributed by atoms with Crippen LogP contribution in [0.5, 0.6) is 11.5 Å². The van der Waals surface area contributed by atoms with Crippen LogP contribution in [-0.2, 0) is 4.74 Å². The Bertz CT molecular complexity index is 501. The van der Waals surface area contributed by atoms with E-state index in [-0.39, 0.29) is 18.2 Å². The van der Waals surface area contributed by atoms with Crippen molar-refractivity contribution in [1.82, 2.24) is 5.32 Å². The van der Waals surface area contributed by atoms with E-state index in [1.165, 1.54) is 0 Å². The number of ether oxygens (including phenoxy) is 3. The van der Waals surface area contributed by atoms with Crippen molar-refractivity contribution < 1.29 is 19.0 Å². The van der Waals surface area contributed by atoms with Gasteiger partial charge >= 0.3 is 6.03 Å². The maximum atomic E-state index is 12.1. The number of carbonyl (C=O) groups excluding carboxylic acids is 1. The number of benzene rings is 1. The van der Waals surface area contributed by atoms with Crippen molar-refractivity contribution in [2.24, 2.45) is 0 Å². The number of urea groups is 1. The minimum absolute atomic E-state index is 0.0212. The van der Waals surface area contributed by atoms with Crippen LogP contribution >= 0.6 is 0 Å². The summed E-state index contributed by atoms with van der Waals surface area (Å²) in [6, 6.07) is 5.02. The van der Waals surface area contributed by atoms with Crippen LogP contribution in [0.2, 0.25) is 0 Å². The minimum atomic E-state index is -0.254. The van der Waals surface area contributed by atoms with Gasteiger partial charge in [-0.3, -0.25) is 0 Å². The number of hydrogen-bond acceptors (Lipinski definition) is 4. The molecular weight excluding hydrogens is 284 g/mol. The first-order valence-corrected chi connectivity index (χ1v) is 7.64. The number of nitrogens with one attached hydrogen (secondary N) is 2.